The van der Waals surface area contributed by atoms with E-state index < -0.39 is 0 Å². The molecule has 1 atom stereocenters. The van der Waals surface area contributed by atoms with Crippen LogP contribution in [0, 0.1) is 11.8 Å². The highest BCUT2D eigenvalue weighted by Gasteiger charge is 2.20. The molecule has 0 radical (unpaired) electrons. The summed E-state index contributed by atoms with van der Waals surface area (Å²) < 4.78 is 0. The van der Waals surface area contributed by atoms with Crippen LogP contribution < -0.4 is 10.6 Å². The van der Waals surface area contributed by atoms with Gasteiger partial charge < -0.3 is 10.6 Å². The van der Waals surface area contributed by atoms with Crippen LogP contribution in [0.2, 0.25) is 0 Å². The summed E-state index contributed by atoms with van der Waals surface area (Å²) in [5.41, 5.74) is 1.37. The second-order valence-electron chi connectivity index (χ2n) is 6.18. The standard InChI is InChI=1S/C16H28N2O.ClH/c1-13(11-14-5-3-2-4-6-14)16(19)18-12-15-7-9-17-10-8-15;/h7,13-14,17H,2-6,8-12H2,1H3,(H,18,19);1H. The predicted octanol–water partition coefficient (Wildman–Crippen LogP) is 3.05. The van der Waals surface area contributed by atoms with Gasteiger partial charge in [0.15, 0.2) is 0 Å². The molecule has 4 heteroatoms. The summed E-state index contributed by atoms with van der Waals surface area (Å²) in [6.45, 7) is 4.82. The van der Waals surface area contributed by atoms with Crippen molar-refractivity contribution in [3.63, 3.8) is 0 Å². The molecule has 0 aromatic heterocycles. The molecule has 1 unspecified atom stereocenters. The summed E-state index contributed by atoms with van der Waals surface area (Å²) >= 11 is 0. The summed E-state index contributed by atoms with van der Waals surface area (Å²) in [7, 11) is 0. The number of halogens is 1. The number of rotatable bonds is 5. The van der Waals surface area contributed by atoms with E-state index in [0.29, 0.717) is 0 Å². The molecule has 1 aliphatic heterocycles. The molecule has 2 aliphatic rings. The van der Waals surface area contributed by atoms with Crippen LogP contribution in [0.3, 0.4) is 0 Å². The molecule has 1 heterocycles. The van der Waals surface area contributed by atoms with E-state index in [9.17, 15) is 4.79 Å². The van der Waals surface area contributed by atoms with Crippen molar-refractivity contribution in [2.75, 3.05) is 19.6 Å². The molecule has 1 fully saturated rings. The van der Waals surface area contributed by atoms with Gasteiger partial charge in [0.05, 0.1) is 0 Å². The van der Waals surface area contributed by atoms with E-state index >= 15 is 0 Å². The van der Waals surface area contributed by atoms with Gasteiger partial charge in [-0.2, -0.15) is 0 Å². The molecule has 3 nitrogen and oxygen atoms in total. The SMILES string of the molecule is CC(CC1CCCCC1)C(=O)NCC1=CCNCC1.Cl. The quantitative estimate of drug-likeness (QED) is 0.766. The molecular weight excluding hydrogens is 272 g/mol. The molecule has 1 saturated carbocycles. The zero-order valence-electron chi connectivity index (χ0n) is 12.6. The van der Waals surface area contributed by atoms with Crippen molar-refractivity contribution in [1.29, 1.82) is 0 Å². The van der Waals surface area contributed by atoms with Gasteiger partial charge in [-0.3, -0.25) is 4.79 Å². The lowest BCUT2D eigenvalue weighted by atomic mass is 9.83. The van der Waals surface area contributed by atoms with Crippen molar-refractivity contribution in [3.8, 4) is 0 Å². The Labute approximate surface area is 129 Å². The first-order valence-corrected chi connectivity index (χ1v) is 7.92. The van der Waals surface area contributed by atoms with Gasteiger partial charge in [-0.05, 0) is 25.3 Å². The van der Waals surface area contributed by atoms with E-state index in [1.165, 1.54) is 37.7 Å². The molecule has 0 aromatic carbocycles. The number of nitrogens with one attached hydrogen (secondary N) is 2. The first-order chi connectivity index (χ1) is 9.25. The molecule has 1 aliphatic carbocycles. The van der Waals surface area contributed by atoms with E-state index in [4.69, 9.17) is 0 Å². The van der Waals surface area contributed by atoms with Gasteiger partial charge in [-0.1, -0.05) is 50.7 Å². The molecule has 1 amide bonds. The number of amides is 1. The van der Waals surface area contributed by atoms with Crippen LogP contribution in [0.1, 0.15) is 51.9 Å². The molecule has 20 heavy (non-hydrogen) atoms. The van der Waals surface area contributed by atoms with Gasteiger partial charge >= 0.3 is 0 Å². The number of carbonyl (C=O) groups excluding carboxylic acids is 1. The highest BCUT2D eigenvalue weighted by atomic mass is 35.5. The summed E-state index contributed by atoms with van der Waals surface area (Å²) in [5.74, 6) is 1.20. The molecular formula is C16H29ClN2O. The minimum absolute atomic E-state index is 0. The monoisotopic (exact) mass is 300 g/mol. The average molecular weight is 301 g/mol. The van der Waals surface area contributed by atoms with Crippen LogP contribution in [0.5, 0.6) is 0 Å². The van der Waals surface area contributed by atoms with Crippen LogP contribution in [0.25, 0.3) is 0 Å². The van der Waals surface area contributed by atoms with Crippen LogP contribution in [-0.2, 0) is 4.79 Å². The minimum Gasteiger partial charge on any atom is -0.352 e. The average Bonchev–Trinajstić information content (AvgIpc) is 2.47. The number of carbonyl (C=O) groups is 1. The van der Waals surface area contributed by atoms with Gasteiger partial charge in [-0.15, -0.1) is 12.4 Å². The topological polar surface area (TPSA) is 41.1 Å². The van der Waals surface area contributed by atoms with E-state index in [0.717, 1.165) is 38.4 Å². The van der Waals surface area contributed by atoms with E-state index in [-0.39, 0.29) is 24.2 Å². The molecule has 116 valence electrons. The van der Waals surface area contributed by atoms with Crippen molar-refractivity contribution in [2.24, 2.45) is 11.8 Å². The molecule has 2 rings (SSSR count). The highest BCUT2D eigenvalue weighted by Crippen LogP contribution is 2.29. The largest absolute Gasteiger partial charge is 0.352 e. The van der Waals surface area contributed by atoms with Gasteiger partial charge in [-0.25, -0.2) is 0 Å². The Morgan fingerprint density at radius 2 is 2.15 bits per heavy atom. The lowest BCUT2D eigenvalue weighted by Crippen LogP contribution is -2.33. The van der Waals surface area contributed by atoms with Crippen molar-refractivity contribution in [3.05, 3.63) is 11.6 Å². The lowest BCUT2D eigenvalue weighted by Gasteiger charge is -2.24. The second-order valence-corrected chi connectivity index (χ2v) is 6.18. The first-order valence-electron chi connectivity index (χ1n) is 7.92. The molecule has 0 aromatic rings. The summed E-state index contributed by atoms with van der Waals surface area (Å²) in [6, 6.07) is 0. The van der Waals surface area contributed by atoms with Crippen molar-refractivity contribution in [1.82, 2.24) is 10.6 Å². The molecule has 0 saturated heterocycles. The fraction of sp³-hybridized carbons (Fsp3) is 0.812. The minimum atomic E-state index is 0. The summed E-state index contributed by atoms with van der Waals surface area (Å²) in [6.07, 6.45) is 11.1. The van der Waals surface area contributed by atoms with Gasteiger partial charge in [0.1, 0.15) is 0 Å². The summed E-state index contributed by atoms with van der Waals surface area (Å²) in [4.78, 5) is 12.1. The molecule has 2 N–H and O–H groups in total. The predicted molar refractivity (Wildman–Crippen MR) is 86.2 cm³/mol. The van der Waals surface area contributed by atoms with Gasteiger partial charge in [0.25, 0.3) is 0 Å². The third kappa shape index (κ3) is 5.84. The normalized spacial score (nSPS) is 21.6. The van der Waals surface area contributed by atoms with Crippen LogP contribution in [0.4, 0.5) is 0 Å². The highest BCUT2D eigenvalue weighted by molar-refractivity contribution is 5.85. The van der Waals surface area contributed by atoms with E-state index in [1.807, 2.05) is 0 Å². The molecule has 0 spiro atoms. The fourth-order valence-electron chi connectivity index (χ4n) is 3.23. The Bertz CT molecular complexity index is 324. The van der Waals surface area contributed by atoms with E-state index in [1.54, 1.807) is 0 Å². The van der Waals surface area contributed by atoms with Gasteiger partial charge in [0.2, 0.25) is 5.91 Å². The van der Waals surface area contributed by atoms with Crippen molar-refractivity contribution in [2.45, 2.75) is 51.9 Å². The Hall–Kier alpha value is -0.540. The Balaban J connectivity index is 0.00000200. The zero-order chi connectivity index (χ0) is 13.5. The van der Waals surface area contributed by atoms with Crippen LogP contribution in [-0.4, -0.2) is 25.5 Å². The third-order valence-corrected chi connectivity index (χ3v) is 4.51. The Morgan fingerprint density at radius 3 is 2.80 bits per heavy atom. The van der Waals surface area contributed by atoms with Gasteiger partial charge in [0, 0.05) is 19.0 Å². The maximum absolute atomic E-state index is 12.1. The number of hydrogen-bond acceptors (Lipinski definition) is 2. The van der Waals surface area contributed by atoms with E-state index in [2.05, 4.69) is 23.6 Å². The lowest BCUT2D eigenvalue weighted by molar-refractivity contribution is -0.124. The summed E-state index contributed by atoms with van der Waals surface area (Å²) in [5, 5.41) is 6.40. The Morgan fingerprint density at radius 1 is 1.40 bits per heavy atom. The second kappa shape index (κ2) is 9.41. The van der Waals surface area contributed by atoms with Crippen molar-refractivity contribution >= 4 is 18.3 Å². The number of hydrogen-bond donors (Lipinski definition) is 2. The molecule has 0 bridgehead atoms. The smallest absolute Gasteiger partial charge is 0.223 e. The fourth-order valence-corrected chi connectivity index (χ4v) is 3.23. The maximum Gasteiger partial charge on any atom is 0.223 e. The van der Waals surface area contributed by atoms with Crippen LogP contribution in [0.15, 0.2) is 11.6 Å². The van der Waals surface area contributed by atoms with Crippen LogP contribution >= 0.6 is 12.4 Å². The third-order valence-electron chi connectivity index (χ3n) is 4.51. The Kier molecular flexibility index (Phi) is 8.24. The first kappa shape index (κ1) is 17.5. The van der Waals surface area contributed by atoms with Crippen molar-refractivity contribution < 1.29 is 4.79 Å². The maximum atomic E-state index is 12.1. The zero-order valence-corrected chi connectivity index (χ0v) is 13.4.